The van der Waals surface area contributed by atoms with Gasteiger partial charge in [-0.3, -0.25) is 0 Å². The normalized spacial score (nSPS) is 15.5. The van der Waals surface area contributed by atoms with Gasteiger partial charge in [0.1, 0.15) is 11.5 Å². The second kappa shape index (κ2) is 9.83. The Bertz CT molecular complexity index is 623. The molecule has 2 rings (SSSR count). The Morgan fingerprint density at radius 3 is 2.46 bits per heavy atom. The molecule has 10 heteroatoms. The van der Waals surface area contributed by atoms with Gasteiger partial charge in [0.15, 0.2) is 0 Å². The summed E-state index contributed by atoms with van der Waals surface area (Å²) in [5.41, 5.74) is 2.29. The van der Waals surface area contributed by atoms with E-state index in [2.05, 4.69) is 25.3 Å². The summed E-state index contributed by atoms with van der Waals surface area (Å²) in [6.45, 7) is -6.26. The van der Waals surface area contributed by atoms with Gasteiger partial charge in [-0.05, 0) is 25.0 Å². The molecule has 0 aromatic heterocycles. The van der Waals surface area contributed by atoms with E-state index in [-0.39, 0.29) is 17.4 Å². The van der Waals surface area contributed by atoms with E-state index in [0.29, 0.717) is 0 Å². The topological polar surface area (TPSA) is 72.0 Å². The Morgan fingerprint density at radius 2 is 1.81 bits per heavy atom. The summed E-state index contributed by atoms with van der Waals surface area (Å²) in [5.74, 6) is -0.743. The molecule has 0 atom stereocenters. The Labute approximate surface area is 147 Å². The van der Waals surface area contributed by atoms with Gasteiger partial charge in [-0.15, -0.1) is 0 Å². The number of urea groups is 1. The molecule has 1 aromatic rings. The smallest absolute Gasteiger partial charge is 0.387 e. The second-order valence-corrected chi connectivity index (χ2v) is 5.64. The molecule has 6 nitrogen and oxygen atoms in total. The quantitative estimate of drug-likeness (QED) is 0.431. The molecule has 0 heterocycles. The lowest BCUT2D eigenvalue weighted by atomic mass is 9.96. The van der Waals surface area contributed by atoms with Gasteiger partial charge in [0.2, 0.25) is 0 Å². The first-order valence-electron chi connectivity index (χ1n) is 8.07. The van der Waals surface area contributed by atoms with Gasteiger partial charge >= 0.3 is 19.3 Å². The number of rotatable bonds is 7. The molecule has 2 N–H and O–H groups in total. The van der Waals surface area contributed by atoms with Crippen LogP contribution in [0.1, 0.15) is 37.7 Å². The number of hydrogen-bond donors (Lipinski definition) is 2. The van der Waals surface area contributed by atoms with E-state index in [4.69, 9.17) is 0 Å². The molecule has 1 aliphatic rings. The van der Waals surface area contributed by atoms with E-state index in [1.54, 1.807) is 0 Å². The number of hydrogen-bond acceptors (Lipinski definition) is 4. The molecule has 26 heavy (non-hydrogen) atoms. The molecule has 1 fully saturated rings. The minimum atomic E-state index is -3.16. The number of amides is 2. The zero-order valence-electron chi connectivity index (χ0n) is 13.8. The van der Waals surface area contributed by atoms with Crippen LogP contribution in [0.2, 0.25) is 0 Å². The van der Waals surface area contributed by atoms with Crippen molar-refractivity contribution in [2.75, 3.05) is 0 Å². The largest absolute Gasteiger partial charge is 0.435 e. The first kappa shape index (κ1) is 19.8. The van der Waals surface area contributed by atoms with Gasteiger partial charge in [-0.1, -0.05) is 19.3 Å². The molecule has 1 saturated carbocycles. The number of halogens is 4. The third-order valence-corrected chi connectivity index (χ3v) is 3.74. The highest BCUT2D eigenvalue weighted by Gasteiger charge is 2.15. The van der Waals surface area contributed by atoms with E-state index in [1.165, 1.54) is 6.07 Å². The van der Waals surface area contributed by atoms with Crippen LogP contribution >= 0.6 is 0 Å². The number of hydrazone groups is 1. The number of carbonyl (C=O) groups excluding carboxylic acids is 1. The first-order valence-corrected chi connectivity index (χ1v) is 8.07. The van der Waals surface area contributed by atoms with Crippen molar-refractivity contribution in [1.29, 1.82) is 0 Å². The Kier molecular flexibility index (Phi) is 7.49. The SMILES string of the molecule is O=C(N/N=C/c1ccc(OC(F)F)cc1OC(F)F)NC1CCCCC1. The van der Waals surface area contributed by atoms with Crippen LogP contribution in [0.25, 0.3) is 0 Å². The van der Waals surface area contributed by atoms with Crippen LogP contribution in [0, 0.1) is 0 Å². The highest BCUT2D eigenvalue weighted by molar-refractivity contribution is 5.85. The summed E-state index contributed by atoms with van der Waals surface area (Å²) in [6.07, 6.45) is 6.12. The predicted octanol–water partition coefficient (Wildman–Crippen LogP) is 3.86. The van der Waals surface area contributed by atoms with Crippen molar-refractivity contribution >= 4 is 12.2 Å². The molecule has 0 aliphatic heterocycles. The van der Waals surface area contributed by atoms with Crippen LogP contribution in [-0.2, 0) is 0 Å². The van der Waals surface area contributed by atoms with Crippen LogP contribution in [0.4, 0.5) is 22.4 Å². The van der Waals surface area contributed by atoms with E-state index >= 15 is 0 Å². The molecule has 0 bridgehead atoms. The van der Waals surface area contributed by atoms with Crippen LogP contribution < -0.4 is 20.2 Å². The van der Waals surface area contributed by atoms with Gasteiger partial charge < -0.3 is 14.8 Å². The summed E-state index contributed by atoms with van der Waals surface area (Å²) in [5, 5.41) is 6.43. The minimum absolute atomic E-state index is 0.0601. The lowest BCUT2D eigenvalue weighted by molar-refractivity contribution is -0.0543. The van der Waals surface area contributed by atoms with E-state index in [9.17, 15) is 22.4 Å². The molecule has 0 unspecified atom stereocenters. The zero-order valence-corrected chi connectivity index (χ0v) is 13.8. The molecule has 0 spiro atoms. The highest BCUT2D eigenvalue weighted by Crippen LogP contribution is 2.26. The summed E-state index contributed by atoms with van der Waals surface area (Å²) in [6, 6.07) is 2.82. The standard InChI is InChI=1S/C16H19F4N3O3/c17-14(18)25-12-7-6-10(13(8-12)26-15(19)20)9-21-23-16(24)22-11-4-2-1-3-5-11/h6-9,11,14-15H,1-5H2,(H2,22,23,24)/b21-9+. The van der Waals surface area contributed by atoms with Crippen molar-refractivity contribution in [3.05, 3.63) is 23.8 Å². The highest BCUT2D eigenvalue weighted by atomic mass is 19.3. The Balaban J connectivity index is 1.97. The molecule has 0 radical (unpaired) electrons. The maximum atomic E-state index is 12.5. The number of nitrogens with one attached hydrogen (secondary N) is 2. The summed E-state index contributed by atoms with van der Waals surface area (Å²) >= 11 is 0. The predicted molar refractivity (Wildman–Crippen MR) is 85.8 cm³/mol. The Morgan fingerprint density at radius 1 is 1.12 bits per heavy atom. The molecule has 1 aliphatic carbocycles. The maximum absolute atomic E-state index is 12.5. The van der Waals surface area contributed by atoms with Crippen LogP contribution in [0.5, 0.6) is 11.5 Å². The molecule has 144 valence electrons. The van der Waals surface area contributed by atoms with Gasteiger partial charge in [-0.2, -0.15) is 22.7 Å². The van der Waals surface area contributed by atoms with Crippen LogP contribution in [0.15, 0.2) is 23.3 Å². The summed E-state index contributed by atoms with van der Waals surface area (Å²) in [4.78, 5) is 11.7. The number of ether oxygens (including phenoxy) is 2. The van der Waals surface area contributed by atoms with Crippen molar-refractivity contribution < 1.29 is 31.8 Å². The molecule has 0 saturated heterocycles. The molecular weight excluding hydrogens is 358 g/mol. The summed E-state index contributed by atoms with van der Waals surface area (Å²) in [7, 11) is 0. The lowest BCUT2D eigenvalue weighted by Crippen LogP contribution is -2.41. The van der Waals surface area contributed by atoms with Gasteiger partial charge in [0, 0.05) is 17.7 Å². The molecular formula is C16H19F4N3O3. The van der Waals surface area contributed by atoms with E-state index < -0.39 is 25.0 Å². The van der Waals surface area contributed by atoms with Crippen molar-refractivity contribution in [3.8, 4) is 11.5 Å². The lowest BCUT2D eigenvalue weighted by Gasteiger charge is -2.22. The first-order chi connectivity index (χ1) is 12.4. The average Bonchev–Trinajstić information content (AvgIpc) is 2.56. The van der Waals surface area contributed by atoms with Crippen LogP contribution in [-0.4, -0.2) is 31.5 Å². The van der Waals surface area contributed by atoms with Crippen LogP contribution in [0.3, 0.4) is 0 Å². The maximum Gasteiger partial charge on any atom is 0.387 e. The van der Waals surface area contributed by atoms with Gasteiger partial charge in [0.25, 0.3) is 0 Å². The minimum Gasteiger partial charge on any atom is -0.435 e. The third-order valence-electron chi connectivity index (χ3n) is 3.74. The van der Waals surface area contributed by atoms with Gasteiger partial charge in [-0.25, -0.2) is 10.2 Å². The second-order valence-electron chi connectivity index (χ2n) is 5.64. The monoisotopic (exact) mass is 377 g/mol. The number of alkyl halides is 4. The van der Waals surface area contributed by atoms with Crippen molar-refractivity contribution in [3.63, 3.8) is 0 Å². The van der Waals surface area contributed by atoms with E-state index in [1.807, 2.05) is 0 Å². The third kappa shape index (κ3) is 6.77. The fourth-order valence-electron chi connectivity index (χ4n) is 2.62. The van der Waals surface area contributed by atoms with Crippen molar-refractivity contribution in [1.82, 2.24) is 10.7 Å². The summed E-state index contributed by atoms with van der Waals surface area (Å²) < 4.78 is 57.8. The fourth-order valence-corrected chi connectivity index (χ4v) is 2.62. The number of carbonyl (C=O) groups is 1. The number of benzene rings is 1. The zero-order chi connectivity index (χ0) is 18.9. The number of nitrogens with zero attached hydrogens (tertiary/aromatic N) is 1. The molecule has 2 amide bonds. The van der Waals surface area contributed by atoms with Gasteiger partial charge in [0.05, 0.1) is 6.21 Å². The molecule has 1 aromatic carbocycles. The van der Waals surface area contributed by atoms with E-state index in [0.717, 1.165) is 50.5 Å². The van der Waals surface area contributed by atoms with Crippen molar-refractivity contribution in [2.45, 2.75) is 51.4 Å². The van der Waals surface area contributed by atoms with Crippen molar-refractivity contribution in [2.24, 2.45) is 5.10 Å². The fraction of sp³-hybridized carbons (Fsp3) is 0.500. The Hall–Kier alpha value is -2.52. The average molecular weight is 377 g/mol.